The first-order valence-electron chi connectivity index (χ1n) is 7.54. The van der Waals surface area contributed by atoms with Crippen molar-refractivity contribution in [2.45, 2.75) is 52.2 Å². The summed E-state index contributed by atoms with van der Waals surface area (Å²) >= 11 is 0. The van der Waals surface area contributed by atoms with Crippen LogP contribution >= 0.6 is 0 Å². The monoisotopic (exact) mass is 274 g/mol. The van der Waals surface area contributed by atoms with Gasteiger partial charge in [-0.05, 0) is 44.5 Å². The van der Waals surface area contributed by atoms with E-state index < -0.39 is 0 Å². The van der Waals surface area contributed by atoms with Crippen molar-refractivity contribution in [1.29, 1.82) is 0 Å². The highest BCUT2D eigenvalue weighted by Crippen LogP contribution is 2.17. The Morgan fingerprint density at radius 2 is 2.00 bits per heavy atom. The fourth-order valence-electron chi connectivity index (χ4n) is 2.45. The van der Waals surface area contributed by atoms with Gasteiger partial charge in [-0.3, -0.25) is 4.68 Å². The van der Waals surface area contributed by atoms with Crippen LogP contribution in [0.3, 0.4) is 0 Å². The Morgan fingerprint density at radius 1 is 1.20 bits per heavy atom. The van der Waals surface area contributed by atoms with E-state index in [0.29, 0.717) is 12.1 Å². The Balaban J connectivity index is 2.05. The number of nitrogens with zero attached hydrogens (tertiary/aromatic N) is 3. The van der Waals surface area contributed by atoms with Crippen molar-refractivity contribution in [2.75, 3.05) is 7.05 Å². The lowest BCUT2D eigenvalue weighted by molar-refractivity contribution is 0.472. The fourth-order valence-corrected chi connectivity index (χ4v) is 2.45. The standard InChI is InChI=1S/C16H26N4/c1-5-13(3)20-10-8-15(18-20)12-19-9-7-14(11-19)16(6-2)17-4/h7-11,13,16-17H,5-6,12H2,1-4H3. The van der Waals surface area contributed by atoms with E-state index in [1.54, 1.807) is 0 Å². The molecule has 1 N–H and O–H groups in total. The van der Waals surface area contributed by atoms with E-state index >= 15 is 0 Å². The smallest absolute Gasteiger partial charge is 0.0821 e. The molecule has 2 heterocycles. The minimum absolute atomic E-state index is 0.439. The molecule has 0 saturated carbocycles. The first kappa shape index (κ1) is 14.9. The molecule has 0 spiro atoms. The predicted molar refractivity (Wildman–Crippen MR) is 82.9 cm³/mol. The van der Waals surface area contributed by atoms with Gasteiger partial charge in [0.05, 0.1) is 12.2 Å². The van der Waals surface area contributed by atoms with Gasteiger partial charge in [0.25, 0.3) is 0 Å². The molecule has 0 radical (unpaired) electrons. The molecule has 0 bridgehead atoms. The molecule has 0 aromatic carbocycles. The van der Waals surface area contributed by atoms with Gasteiger partial charge in [0.15, 0.2) is 0 Å². The highest BCUT2D eigenvalue weighted by Gasteiger charge is 2.09. The number of rotatable bonds is 7. The molecule has 0 aliphatic heterocycles. The SMILES string of the molecule is CCC(NC)c1ccn(Cc2ccn(C(C)CC)n2)c1. The second-order valence-corrected chi connectivity index (χ2v) is 5.41. The van der Waals surface area contributed by atoms with Crippen LogP contribution in [0.1, 0.15) is 57.0 Å². The molecule has 0 aliphatic carbocycles. The summed E-state index contributed by atoms with van der Waals surface area (Å²) in [5.41, 5.74) is 2.46. The van der Waals surface area contributed by atoms with Crippen molar-refractivity contribution in [3.8, 4) is 0 Å². The van der Waals surface area contributed by atoms with Crippen molar-refractivity contribution < 1.29 is 0 Å². The number of aromatic nitrogens is 3. The van der Waals surface area contributed by atoms with Crippen LogP contribution in [0.25, 0.3) is 0 Å². The largest absolute Gasteiger partial charge is 0.348 e. The van der Waals surface area contributed by atoms with Crippen molar-refractivity contribution in [2.24, 2.45) is 0 Å². The lowest BCUT2D eigenvalue weighted by atomic mass is 10.1. The van der Waals surface area contributed by atoms with Gasteiger partial charge in [0.2, 0.25) is 0 Å². The Morgan fingerprint density at radius 3 is 2.65 bits per heavy atom. The summed E-state index contributed by atoms with van der Waals surface area (Å²) < 4.78 is 4.26. The average molecular weight is 274 g/mol. The zero-order chi connectivity index (χ0) is 14.5. The molecule has 0 aliphatic rings. The zero-order valence-corrected chi connectivity index (χ0v) is 13.0. The summed E-state index contributed by atoms with van der Waals surface area (Å²) in [6.45, 7) is 7.42. The van der Waals surface area contributed by atoms with Crippen LogP contribution in [-0.4, -0.2) is 21.4 Å². The second kappa shape index (κ2) is 6.75. The summed E-state index contributed by atoms with van der Waals surface area (Å²) in [6.07, 6.45) is 8.64. The molecule has 0 saturated heterocycles. The van der Waals surface area contributed by atoms with Crippen LogP contribution in [0, 0.1) is 0 Å². The molecular formula is C16H26N4. The molecule has 0 amide bonds. The molecule has 0 fully saturated rings. The zero-order valence-electron chi connectivity index (χ0n) is 13.0. The van der Waals surface area contributed by atoms with E-state index in [1.165, 1.54) is 5.56 Å². The molecule has 20 heavy (non-hydrogen) atoms. The molecule has 2 unspecified atom stereocenters. The first-order valence-corrected chi connectivity index (χ1v) is 7.54. The van der Waals surface area contributed by atoms with Crippen molar-refractivity contribution in [3.63, 3.8) is 0 Å². The summed E-state index contributed by atoms with van der Waals surface area (Å²) in [5, 5.41) is 7.99. The van der Waals surface area contributed by atoms with Gasteiger partial charge in [0.1, 0.15) is 0 Å². The van der Waals surface area contributed by atoms with E-state index in [1.807, 2.05) is 7.05 Å². The minimum Gasteiger partial charge on any atom is -0.348 e. The highest BCUT2D eigenvalue weighted by atomic mass is 15.3. The third-order valence-corrected chi connectivity index (χ3v) is 3.98. The third kappa shape index (κ3) is 3.31. The van der Waals surface area contributed by atoms with Gasteiger partial charge in [-0.25, -0.2) is 0 Å². The van der Waals surface area contributed by atoms with E-state index in [2.05, 4.69) is 71.2 Å². The predicted octanol–water partition coefficient (Wildman–Crippen LogP) is 3.37. The van der Waals surface area contributed by atoms with Gasteiger partial charge in [0, 0.05) is 30.7 Å². The van der Waals surface area contributed by atoms with Gasteiger partial charge in [-0.1, -0.05) is 13.8 Å². The molecule has 4 heteroatoms. The number of hydrogen-bond donors (Lipinski definition) is 1. The van der Waals surface area contributed by atoms with E-state index in [0.717, 1.165) is 25.1 Å². The van der Waals surface area contributed by atoms with Crippen LogP contribution in [0.4, 0.5) is 0 Å². The summed E-state index contributed by atoms with van der Waals surface area (Å²) in [5.74, 6) is 0. The molecule has 2 atom stereocenters. The van der Waals surface area contributed by atoms with Crippen LogP contribution in [0.5, 0.6) is 0 Å². The lowest BCUT2D eigenvalue weighted by Crippen LogP contribution is -2.14. The third-order valence-electron chi connectivity index (χ3n) is 3.98. The van der Waals surface area contributed by atoms with Gasteiger partial charge < -0.3 is 9.88 Å². The van der Waals surface area contributed by atoms with Gasteiger partial charge in [-0.2, -0.15) is 5.10 Å². The number of hydrogen-bond acceptors (Lipinski definition) is 2. The maximum atomic E-state index is 4.65. The van der Waals surface area contributed by atoms with Gasteiger partial charge in [-0.15, -0.1) is 0 Å². The van der Waals surface area contributed by atoms with Crippen LogP contribution < -0.4 is 5.32 Å². The van der Waals surface area contributed by atoms with Crippen LogP contribution in [-0.2, 0) is 6.54 Å². The van der Waals surface area contributed by atoms with Crippen LogP contribution in [0.15, 0.2) is 30.7 Å². The Bertz CT molecular complexity index is 522. The Labute approximate surface area is 121 Å². The normalized spacial score (nSPS) is 14.4. The molecule has 2 rings (SSSR count). The second-order valence-electron chi connectivity index (χ2n) is 5.41. The number of nitrogens with one attached hydrogen (secondary N) is 1. The summed E-state index contributed by atoms with van der Waals surface area (Å²) in [6, 6.07) is 5.21. The Hall–Kier alpha value is -1.55. The Kier molecular flexibility index (Phi) is 5.01. The highest BCUT2D eigenvalue weighted by molar-refractivity contribution is 5.16. The maximum Gasteiger partial charge on any atom is 0.0821 e. The van der Waals surface area contributed by atoms with E-state index in [-0.39, 0.29) is 0 Å². The molecule has 2 aromatic rings. The molecule has 2 aromatic heterocycles. The summed E-state index contributed by atoms with van der Waals surface area (Å²) in [7, 11) is 2.01. The summed E-state index contributed by atoms with van der Waals surface area (Å²) in [4.78, 5) is 0. The first-order chi connectivity index (χ1) is 9.67. The van der Waals surface area contributed by atoms with E-state index in [4.69, 9.17) is 0 Å². The lowest BCUT2D eigenvalue weighted by Gasteiger charge is -2.11. The van der Waals surface area contributed by atoms with Crippen LogP contribution in [0.2, 0.25) is 0 Å². The topological polar surface area (TPSA) is 34.8 Å². The molecule has 4 nitrogen and oxygen atoms in total. The maximum absolute atomic E-state index is 4.65. The van der Waals surface area contributed by atoms with Crippen molar-refractivity contribution in [1.82, 2.24) is 19.7 Å². The quantitative estimate of drug-likeness (QED) is 0.840. The fraction of sp³-hybridized carbons (Fsp3) is 0.562. The molecule has 110 valence electrons. The average Bonchev–Trinajstić information content (AvgIpc) is 3.10. The minimum atomic E-state index is 0.439. The van der Waals surface area contributed by atoms with Crippen molar-refractivity contribution in [3.05, 3.63) is 42.0 Å². The van der Waals surface area contributed by atoms with Gasteiger partial charge >= 0.3 is 0 Å². The molecular weight excluding hydrogens is 248 g/mol. The van der Waals surface area contributed by atoms with Crippen molar-refractivity contribution >= 4 is 0 Å². The van der Waals surface area contributed by atoms with E-state index in [9.17, 15) is 0 Å².